The van der Waals surface area contributed by atoms with E-state index < -0.39 is 0 Å². The molecule has 1 aromatic carbocycles. The SMILES string of the molecule is CCOc1ccc([C@@H]2C[C@H]2N=C(N)N2CCOC(C)C2)cc1.I. The number of guanidine groups is 1. The van der Waals surface area contributed by atoms with E-state index in [1.165, 1.54) is 5.56 Å². The fourth-order valence-corrected chi connectivity index (χ4v) is 2.94. The molecule has 3 rings (SSSR count). The summed E-state index contributed by atoms with van der Waals surface area (Å²) in [5.41, 5.74) is 7.48. The van der Waals surface area contributed by atoms with Crippen LogP contribution in [0.4, 0.5) is 0 Å². The molecule has 23 heavy (non-hydrogen) atoms. The van der Waals surface area contributed by atoms with Gasteiger partial charge in [0.05, 0.1) is 25.4 Å². The first kappa shape index (κ1) is 18.3. The summed E-state index contributed by atoms with van der Waals surface area (Å²) in [6.45, 7) is 7.15. The van der Waals surface area contributed by atoms with Crippen LogP contribution >= 0.6 is 24.0 Å². The summed E-state index contributed by atoms with van der Waals surface area (Å²) < 4.78 is 11.0. The molecular formula is C17H26IN3O2. The maximum Gasteiger partial charge on any atom is 0.191 e. The highest BCUT2D eigenvalue weighted by Crippen LogP contribution is 2.43. The van der Waals surface area contributed by atoms with E-state index in [9.17, 15) is 0 Å². The van der Waals surface area contributed by atoms with Crippen molar-refractivity contribution in [2.24, 2.45) is 10.7 Å². The number of aliphatic imine (C=N–C) groups is 1. The smallest absolute Gasteiger partial charge is 0.191 e. The quantitative estimate of drug-likeness (QED) is 0.453. The summed E-state index contributed by atoms with van der Waals surface area (Å²) in [5, 5.41) is 0. The molecule has 2 fully saturated rings. The van der Waals surface area contributed by atoms with Gasteiger partial charge in [0.15, 0.2) is 5.96 Å². The number of hydrogen-bond acceptors (Lipinski definition) is 3. The van der Waals surface area contributed by atoms with Gasteiger partial charge >= 0.3 is 0 Å². The maximum atomic E-state index is 6.16. The minimum absolute atomic E-state index is 0. The topological polar surface area (TPSA) is 60.1 Å². The van der Waals surface area contributed by atoms with Crippen LogP contribution in [0.2, 0.25) is 0 Å². The maximum absolute atomic E-state index is 6.16. The van der Waals surface area contributed by atoms with Crippen LogP contribution in [-0.2, 0) is 4.74 Å². The van der Waals surface area contributed by atoms with Crippen molar-refractivity contribution < 1.29 is 9.47 Å². The normalized spacial score (nSPS) is 27.3. The standard InChI is InChI=1S/C17H25N3O2.HI/c1-3-21-14-6-4-13(5-7-14)15-10-16(15)19-17(18)20-8-9-22-12(2)11-20;/h4-7,12,15-16H,3,8-11H2,1-2H3,(H2,18,19);1H/t12?,15-,16+;/m0./s1. The summed E-state index contributed by atoms with van der Waals surface area (Å²) in [6.07, 6.45) is 1.30. The van der Waals surface area contributed by atoms with Crippen molar-refractivity contribution in [3.63, 3.8) is 0 Å². The van der Waals surface area contributed by atoms with Gasteiger partial charge in [-0.3, -0.25) is 0 Å². The Labute approximate surface area is 155 Å². The van der Waals surface area contributed by atoms with Gasteiger partial charge in [-0.15, -0.1) is 24.0 Å². The third kappa shape index (κ3) is 4.73. The Kier molecular flexibility index (Phi) is 6.52. The summed E-state index contributed by atoms with van der Waals surface area (Å²) in [5.74, 6) is 2.08. The van der Waals surface area contributed by atoms with Crippen molar-refractivity contribution in [3.8, 4) is 5.75 Å². The largest absolute Gasteiger partial charge is 0.494 e. The van der Waals surface area contributed by atoms with Crippen molar-refractivity contribution in [3.05, 3.63) is 29.8 Å². The van der Waals surface area contributed by atoms with Crippen molar-refractivity contribution in [1.82, 2.24) is 4.90 Å². The van der Waals surface area contributed by atoms with E-state index in [2.05, 4.69) is 24.0 Å². The number of morpholine rings is 1. The molecule has 0 spiro atoms. The van der Waals surface area contributed by atoms with Crippen molar-refractivity contribution in [1.29, 1.82) is 0 Å². The highest BCUT2D eigenvalue weighted by atomic mass is 127. The molecule has 0 aromatic heterocycles. The van der Waals surface area contributed by atoms with Gasteiger partial charge in [0.25, 0.3) is 0 Å². The zero-order chi connectivity index (χ0) is 15.5. The molecule has 128 valence electrons. The first-order chi connectivity index (χ1) is 10.7. The van der Waals surface area contributed by atoms with E-state index in [4.69, 9.17) is 20.2 Å². The Morgan fingerprint density at radius 1 is 1.39 bits per heavy atom. The Morgan fingerprint density at radius 2 is 2.13 bits per heavy atom. The molecule has 1 aromatic rings. The minimum atomic E-state index is 0. The van der Waals surface area contributed by atoms with E-state index in [0.717, 1.165) is 31.9 Å². The molecular weight excluding hydrogens is 405 g/mol. The molecule has 0 radical (unpaired) electrons. The first-order valence-corrected chi connectivity index (χ1v) is 8.10. The predicted molar refractivity (Wildman–Crippen MR) is 103 cm³/mol. The highest BCUT2D eigenvalue weighted by molar-refractivity contribution is 14.0. The highest BCUT2D eigenvalue weighted by Gasteiger charge is 2.39. The van der Waals surface area contributed by atoms with Gasteiger partial charge in [0.1, 0.15) is 5.75 Å². The number of halogens is 1. The Hall–Kier alpha value is -1.02. The zero-order valence-electron chi connectivity index (χ0n) is 13.8. The zero-order valence-corrected chi connectivity index (χ0v) is 16.1. The molecule has 5 nitrogen and oxygen atoms in total. The van der Waals surface area contributed by atoms with E-state index in [1.54, 1.807) is 0 Å². The molecule has 1 aliphatic carbocycles. The van der Waals surface area contributed by atoms with Crippen LogP contribution in [0, 0.1) is 0 Å². The molecule has 2 aliphatic rings. The predicted octanol–water partition coefficient (Wildman–Crippen LogP) is 2.59. The lowest BCUT2D eigenvalue weighted by Crippen LogP contribution is -2.48. The molecule has 0 bridgehead atoms. The third-order valence-corrected chi connectivity index (χ3v) is 4.24. The van der Waals surface area contributed by atoms with Gasteiger partial charge < -0.3 is 20.1 Å². The lowest BCUT2D eigenvalue weighted by molar-refractivity contribution is 0.00528. The molecule has 2 N–H and O–H groups in total. The van der Waals surface area contributed by atoms with Crippen LogP contribution in [0.25, 0.3) is 0 Å². The van der Waals surface area contributed by atoms with E-state index in [0.29, 0.717) is 24.5 Å². The Bertz CT molecular complexity index is 535. The van der Waals surface area contributed by atoms with E-state index >= 15 is 0 Å². The minimum Gasteiger partial charge on any atom is -0.494 e. The van der Waals surface area contributed by atoms with Gasteiger partial charge in [-0.05, 0) is 38.0 Å². The summed E-state index contributed by atoms with van der Waals surface area (Å²) in [6, 6.07) is 8.66. The number of nitrogens with zero attached hydrogens (tertiary/aromatic N) is 2. The van der Waals surface area contributed by atoms with Gasteiger partial charge in [-0.1, -0.05) is 12.1 Å². The Morgan fingerprint density at radius 3 is 2.78 bits per heavy atom. The average Bonchev–Trinajstić information content (AvgIpc) is 3.27. The summed E-state index contributed by atoms with van der Waals surface area (Å²) in [7, 11) is 0. The number of benzene rings is 1. The van der Waals surface area contributed by atoms with Gasteiger partial charge in [-0.25, -0.2) is 4.99 Å². The van der Waals surface area contributed by atoms with Crippen LogP contribution < -0.4 is 10.5 Å². The summed E-state index contributed by atoms with van der Waals surface area (Å²) in [4.78, 5) is 6.82. The molecule has 3 atom stereocenters. The van der Waals surface area contributed by atoms with Crippen LogP contribution in [0.3, 0.4) is 0 Å². The van der Waals surface area contributed by atoms with Crippen molar-refractivity contribution in [2.45, 2.75) is 38.3 Å². The Balaban J connectivity index is 0.00000192. The fourth-order valence-electron chi connectivity index (χ4n) is 2.94. The number of nitrogens with two attached hydrogens (primary N) is 1. The molecule has 1 saturated carbocycles. The monoisotopic (exact) mass is 431 g/mol. The van der Waals surface area contributed by atoms with Gasteiger partial charge in [0.2, 0.25) is 0 Å². The average molecular weight is 431 g/mol. The van der Waals surface area contributed by atoms with Crippen LogP contribution in [-0.4, -0.2) is 49.3 Å². The molecule has 1 saturated heterocycles. The van der Waals surface area contributed by atoms with Crippen LogP contribution in [0.15, 0.2) is 29.3 Å². The van der Waals surface area contributed by atoms with Crippen LogP contribution in [0.5, 0.6) is 5.75 Å². The number of ether oxygens (including phenoxy) is 2. The lowest BCUT2D eigenvalue weighted by atomic mass is 10.1. The molecule has 1 unspecified atom stereocenters. The molecule has 1 heterocycles. The second kappa shape index (κ2) is 8.19. The van der Waals surface area contributed by atoms with Gasteiger partial charge in [-0.2, -0.15) is 0 Å². The molecule has 6 heteroatoms. The first-order valence-electron chi connectivity index (χ1n) is 8.10. The second-order valence-corrected chi connectivity index (χ2v) is 6.03. The van der Waals surface area contributed by atoms with E-state index in [-0.39, 0.29) is 30.1 Å². The lowest BCUT2D eigenvalue weighted by Gasteiger charge is -2.31. The van der Waals surface area contributed by atoms with E-state index in [1.807, 2.05) is 19.1 Å². The van der Waals surface area contributed by atoms with Gasteiger partial charge in [0, 0.05) is 19.0 Å². The summed E-state index contributed by atoms with van der Waals surface area (Å²) >= 11 is 0. The van der Waals surface area contributed by atoms with Crippen molar-refractivity contribution in [2.75, 3.05) is 26.3 Å². The van der Waals surface area contributed by atoms with Crippen molar-refractivity contribution >= 4 is 29.9 Å². The number of hydrogen-bond donors (Lipinski definition) is 1. The fraction of sp³-hybridized carbons (Fsp3) is 0.588. The number of rotatable bonds is 4. The third-order valence-electron chi connectivity index (χ3n) is 4.24. The molecule has 0 amide bonds. The van der Waals surface area contributed by atoms with Crippen LogP contribution in [0.1, 0.15) is 31.7 Å². The molecule has 1 aliphatic heterocycles. The second-order valence-electron chi connectivity index (χ2n) is 6.03.